The number of aliphatic hydroxyl groups is 1. The summed E-state index contributed by atoms with van der Waals surface area (Å²) in [6, 6.07) is -1.36. The van der Waals surface area contributed by atoms with Crippen LogP contribution in [-0.2, 0) is 18.4 Å². The molecule has 0 fully saturated rings. The van der Waals surface area contributed by atoms with Crippen molar-refractivity contribution in [3.63, 3.8) is 0 Å². The Bertz CT molecular complexity index is 506. The highest BCUT2D eigenvalue weighted by molar-refractivity contribution is 7.53. The second-order valence-electron chi connectivity index (χ2n) is 4.17. The highest BCUT2D eigenvalue weighted by Crippen LogP contribution is 2.44. The van der Waals surface area contributed by atoms with Crippen LogP contribution < -0.4 is 24.9 Å². The molecule has 1 aliphatic rings. The van der Waals surface area contributed by atoms with Crippen LogP contribution in [0.25, 0.3) is 0 Å². The zero-order valence-electron chi connectivity index (χ0n) is 10.1. The van der Waals surface area contributed by atoms with Crippen LogP contribution in [0.2, 0.25) is 0 Å². The van der Waals surface area contributed by atoms with Crippen LogP contribution in [0.5, 0.6) is 0 Å². The van der Waals surface area contributed by atoms with E-state index < -0.39 is 51.3 Å². The first-order valence-electron chi connectivity index (χ1n) is 5.29. The Kier molecular flexibility index (Phi) is 5.29. The molecule has 1 amide bonds. The van der Waals surface area contributed by atoms with E-state index >= 15 is 0 Å². The van der Waals surface area contributed by atoms with Gasteiger partial charge in [0.05, 0.1) is 26.1 Å². The first-order chi connectivity index (χ1) is 8.90. The third-order valence-electron chi connectivity index (χ3n) is 2.53. The van der Waals surface area contributed by atoms with Gasteiger partial charge in [-0.15, -0.1) is 0 Å². The third kappa shape index (κ3) is 5.08. The van der Waals surface area contributed by atoms with Gasteiger partial charge in [0.2, 0.25) is 5.91 Å². The normalized spacial score (nSPS) is 27.9. The number of phosphoric ester groups is 1. The molecule has 0 aliphatic heterocycles. The maximum absolute atomic E-state index is 10.9. The first-order valence-corrected chi connectivity index (χ1v) is 8.29. The van der Waals surface area contributed by atoms with Gasteiger partial charge in [0, 0.05) is 13.3 Å². The van der Waals surface area contributed by atoms with Crippen molar-refractivity contribution in [2.24, 2.45) is 0 Å². The van der Waals surface area contributed by atoms with E-state index in [1.54, 1.807) is 0 Å². The van der Waals surface area contributed by atoms with Gasteiger partial charge in [0.1, 0.15) is 0 Å². The van der Waals surface area contributed by atoms with Gasteiger partial charge < -0.3 is 43.7 Å². The van der Waals surface area contributed by atoms with Gasteiger partial charge in [0.25, 0.3) is 0 Å². The molecule has 20 heavy (non-hydrogen) atoms. The number of hydrogen-bond acceptors (Lipinski definition) is 9. The lowest BCUT2D eigenvalue weighted by Gasteiger charge is -2.44. The lowest BCUT2D eigenvalue weighted by molar-refractivity contribution is -0.346. The van der Waals surface area contributed by atoms with Gasteiger partial charge >= 0.3 is 0 Å². The number of carbonyl (C=O) groups excluding carboxylic acids is 1. The van der Waals surface area contributed by atoms with Gasteiger partial charge in [-0.2, -0.15) is 0 Å². The molecule has 0 unspecified atom stereocenters. The summed E-state index contributed by atoms with van der Waals surface area (Å²) in [5.41, 5.74) is 0. The van der Waals surface area contributed by atoms with E-state index in [4.69, 9.17) is 0 Å². The summed E-state index contributed by atoms with van der Waals surface area (Å²) in [4.78, 5) is 53.9. The Balaban J connectivity index is 3.08. The zero-order valence-corrected chi connectivity index (χ0v) is 11.9. The molecular formula is C8H11NO9P2-4. The summed E-state index contributed by atoms with van der Waals surface area (Å²) >= 11 is 0. The predicted molar refractivity (Wildman–Crippen MR) is 56.4 cm³/mol. The monoisotopic (exact) mass is 327 g/mol. The summed E-state index contributed by atoms with van der Waals surface area (Å²) in [7, 11) is -10.7. The van der Waals surface area contributed by atoms with Crippen molar-refractivity contribution < 1.29 is 43.1 Å². The van der Waals surface area contributed by atoms with Crippen LogP contribution in [0.1, 0.15) is 13.3 Å². The fraction of sp³-hybridized carbons (Fsp3) is 0.625. The smallest absolute Gasteiger partial charge is 0.217 e. The third-order valence-corrected chi connectivity index (χ3v) is 4.09. The summed E-state index contributed by atoms with van der Waals surface area (Å²) < 4.78 is 25.6. The zero-order chi connectivity index (χ0) is 15.7. The molecule has 0 saturated heterocycles. The van der Waals surface area contributed by atoms with Gasteiger partial charge in [0.15, 0.2) is 0 Å². The van der Waals surface area contributed by atoms with E-state index in [2.05, 4.69) is 9.84 Å². The number of amides is 1. The van der Waals surface area contributed by atoms with Crippen molar-refractivity contribution in [2.75, 3.05) is 0 Å². The molecule has 0 radical (unpaired) electrons. The minimum absolute atomic E-state index is 0.668. The van der Waals surface area contributed by atoms with Gasteiger partial charge in [-0.3, -0.25) is 4.79 Å². The Morgan fingerprint density at radius 1 is 1.40 bits per heavy atom. The van der Waals surface area contributed by atoms with Crippen molar-refractivity contribution in [1.82, 2.24) is 5.32 Å². The Morgan fingerprint density at radius 3 is 2.35 bits per heavy atom. The molecule has 0 aromatic heterocycles. The fourth-order valence-corrected chi connectivity index (χ4v) is 3.08. The van der Waals surface area contributed by atoms with Gasteiger partial charge in [-0.1, -0.05) is 0 Å². The lowest BCUT2D eigenvalue weighted by atomic mass is 9.95. The molecule has 12 heteroatoms. The van der Waals surface area contributed by atoms with Crippen molar-refractivity contribution in [1.29, 1.82) is 0 Å². The topological polar surface area (TPSA) is 185 Å². The number of nitrogens with one attached hydrogen (secondary N) is 1. The standard InChI is InChI=1S/C8H15NO9P2/c1-4(10)9-8-6(11)2-5(19(12,13)14)3-7(8)18-20(15,16)17/h2,6-8,11H,3H2,1H3,(H,9,10)(H2,12,13,14)(H2,15,16,17)/p-4/t6-,7+,8+/m1/s1. The van der Waals surface area contributed by atoms with Crippen molar-refractivity contribution in [2.45, 2.75) is 31.6 Å². The SMILES string of the molecule is CC(=O)N[C@H]1[C@H](O)C=C(P(=O)([O-])[O-])C[C@@H]1OP(=O)([O-])[O-]. The van der Waals surface area contributed by atoms with Crippen LogP contribution >= 0.6 is 15.4 Å². The average molecular weight is 327 g/mol. The maximum Gasteiger partial charge on any atom is 0.217 e. The highest BCUT2D eigenvalue weighted by atomic mass is 31.2. The average Bonchev–Trinajstić information content (AvgIpc) is 2.18. The van der Waals surface area contributed by atoms with E-state index in [1.807, 2.05) is 0 Å². The summed E-state index contributed by atoms with van der Waals surface area (Å²) in [5.74, 6) is -0.668. The van der Waals surface area contributed by atoms with Crippen molar-refractivity contribution in [3.8, 4) is 0 Å². The highest BCUT2D eigenvalue weighted by Gasteiger charge is 2.35. The van der Waals surface area contributed by atoms with E-state index in [9.17, 15) is 38.6 Å². The maximum atomic E-state index is 10.9. The molecule has 1 rings (SSSR count). The molecular weight excluding hydrogens is 316 g/mol. The van der Waals surface area contributed by atoms with E-state index in [1.165, 1.54) is 0 Å². The van der Waals surface area contributed by atoms with Crippen LogP contribution in [0.15, 0.2) is 11.4 Å². The molecule has 0 bridgehead atoms. The summed E-state index contributed by atoms with van der Waals surface area (Å²) in [6.07, 6.45) is -3.41. The molecule has 3 atom stereocenters. The summed E-state index contributed by atoms with van der Waals surface area (Å²) in [6.45, 7) is 1.06. The molecule has 0 saturated carbocycles. The van der Waals surface area contributed by atoms with Crippen molar-refractivity contribution in [3.05, 3.63) is 11.4 Å². The molecule has 0 spiro atoms. The molecule has 10 nitrogen and oxygen atoms in total. The molecule has 2 N–H and O–H groups in total. The van der Waals surface area contributed by atoms with E-state index in [-0.39, 0.29) is 0 Å². The minimum atomic E-state index is -5.50. The van der Waals surface area contributed by atoms with Crippen LogP contribution in [0.3, 0.4) is 0 Å². The molecule has 116 valence electrons. The number of hydrogen-bond donors (Lipinski definition) is 2. The quantitative estimate of drug-likeness (QED) is 0.489. The van der Waals surface area contributed by atoms with Gasteiger partial charge in [-0.05, 0) is 19.0 Å². The molecule has 0 heterocycles. The van der Waals surface area contributed by atoms with E-state index in [0.717, 1.165) is 6.92 Å². The largest absolute Gasteiger partial charge is 0.808 e. The van der Waals surface area contributed by atoms with Crippen LogP contribution in [0, 0.1) is 0 Å². The second kappa shape index (κ2) is 6.05. The number of rotatable bonds is 4. The second-order valence-corrected chi connectivity index (χ2v) is 6.84. The fourth-order valence-electron chi connectivity index (χ4n) is 1.81. The first kappa shape index (κ1) is 17.5. The lowest BCUT2D eigenvalue weighted by Crippen LogP contribution is -2.53. The van der Waals surface area contributed by atoms with Crippen molar-refractivity contribution >= 4 is 21.3 Å². The molecule has 0 aromatic rings. The Hall–Kier alpha value is -0.570. The Labute approximate surface area is 113 Å². The number of carbonyl (C=O) groups is 1. The number of phosphoric acid groups is 1. The van der Waals surface area contributed by atoms with Crippen LogP contribution in [-0.4, -0.2) is 29.3 Å². The summed E-state index contributed by atoms with van der Waals surface area (Å²) in [5, 5.41) is 11.0. The predicted octanol–water partition coefficient (Wildman–Crippen LogP) is -3.73. The van der Waals surface area contributed by atoms with Gasteiger partial charge in [-0.25, -0.2) is 0 Å². The minimum Gasteiger partial charge on any atom is -0.808 e. The Morgan fingerprint density at radius 2 is 1.95 bits per heavy atom. The molecule has 0 aromatic carbocycles. The number of aliphatic hydroxyl groups excluding tert-OH is 1. The van der Waals surface area contributed by atoms with E-state index in [0.29, 0.717) is 6.08 Å². The van der Waals surface area contributed by atoms with Crippen LogP contribution in [0.4, 0.5) is 0 Å². The molecule has 1 aliphatic carbocycles.